The van der Waals surface area contributed by atoms with Crippen LogP contribution in [0.25, 0.3) is 0 Å². The Kier molecular flexibility index (Phi) is 6.73. The van der Waals surface area contributed by atoms with E-state index in [1.807, 2.05) is 0 Å². The van der Waals surface area contributed by atoms with Crippen LogP contribution in [0.4, 0.5) is 0 Å². The van der Waals surface area contributed by atoms with Crippen molar-refractivity contribution in [2.24, 2.45) is 0 Å². The standard InChI is InChI=1S/C12H21BrO10/c13-11-8(19)7(18)10(4(2-15)21-11)23-12-9(20)6(17)5(16)3(1-14)22-12/h3-12,14-20H,1-2H2. The Morgan fingerprint density at radius 1 is 0.739 bits per heavy atom. The molecule has 2 heterocycles. The number of aliphatic hydroxyl groups excluding tert-OH is 7. The van der Waals surface area contributed by atoms with E-state index in [4.69, 9.17) is 19.3 Å². The van der Waals surface area contributed by atoms with Crippen molar-refractivity contribution >= 4 is 15.9 Å². The first-order chi connectivity index (χ1) is 10.8. The topological polar surface area (TPSA) is 169 Å². The molecule has 7 N–H and O–H groups in total. The first-order valence-electron chi connectivity index (χ1n) is 7.04. The van der Waals surface area contributed by atoms with Gasteiger partial charge < -0.3 is 50.0 Å². The van der Waals surface area contributed by atoms with Crippen LogP contribution < -0.4 is 0 Å². The maximum atomic E-state index is 10.1. The molecule has 2 aliphatic heterocycles. The molecule has 23 heavy (non-hydrogen) atoms. The highest BCUT2D eigenvalue weighted by atomic mass is 79.9. The summed E-state index contributed by atoms with van der Waals surface area (Å²) in [5.41, 5.74) is 0. The zero-order valence-electron chi connectivity index (χ0n) is 11.9. The van der Waals surface area contributed by atoms with Crippen LogP contribution in [0.15, 0.2) is 0 Å². The van der Waals surface area contributed by atoms with Crippen LogP contribution >= 0.6 is 15.9 Å². The minimum absolute atomic E-state index is 0.548. The molecule has 0 aromatic heterocycles. The second-order valence-corrected chi connectivity index (χ2v) is 6.39. The molecule has 2 rings (SSSR count). The van der Waals surface area contributed by atoms with Gasteiger partial charge in [-0.05, 0) is 0 Å². The molecular weight excluding hydrogens is 384 g/mol. The molecule has 11 heteroatoms. The number of rotatable bonds is 4. The van der Waals surface area contributed by atoms with Crippen LogP contribution in [0.1, 0.15) is 0 Å². The van der Waals surface area contributed by atoms with E-state index < -0.39 is 73.3 Å². The Morgan fingerprint density at radius 3 is 1.91 bits per heavy atom. The van der Waals surface area contributed by atoms with E-state index in [2.05, 4.69) is 15.9 Å². The van der Waals surface area contributed by atoms with Crippen LogP contribution in [-0.2, 0) is 14.2 Å². The molecule has 2 aliphatic rings. The summed E-state index contributed by atoms with van der Waals surface area (Å²) in [4.78, 5) is 0. The summed E-state index contributed by atoms with van der Waals surface area (Å²) in [5.74, 6) is 0. The Labute approximate surface area is 140 Å². The number of alkyl halides is 1. The van der Waals surface area contributed by atoms with E-state index in [1.54, 1.807) is 0 Å². The van der Waals surface area contributed by atoms with Gasteiger partial charge in [0.25, 0.3) is 0 Å². The predicted molar refractivity (Wildman–Crippen MR) is 75.3 cm³/mol. The second-order valence-electron chi connectivity index (χ2n) is 5.49. The summed E-state index contributed by atoms with van der Waals surface area (Å²) in [6.45, 7) is -1.18. The van der Waals surface area contributed by atoms with Crippen LogP contribution in [0.3, 0.4) is 0 Å². The summed E-state index contributed by atoms with van der Waals surface area (Å²) in [6, 6.07) is 0. The lowest BCUT2D eigenvalue weighted by atomic mass is 9.97. The van der Waals surface area contributed by atoms with Gasteiger partial charge in [-0.3, -0.25) is 0 Å². The van der Waals surface area contributed by atoms with Gasteiger partial charge in [0.05, 0.1) is 13.2 Å². The molecule has 10 unspecified atom stereocenters. The third-order valence-corrected chi connectivity index (χ3v) is 4.70. The molecular formula is C12H21BrO10. The molecule has 10 nitrogen and oxygen atoms in total. The second kappa shape index (κ2) is 7.97. The minimum atomic E-state index is -1.67. The van der Waals surface area contributed by atoms with Gasteiger partial charge in [-0.1, -0.05) is 15.9 Å². The summed E-state index contributed by atoms with van der Waals surface area (Å²) >= 11 is 2.99. The van der Waals surface area contributed by atoms with Gasteiger partial charge >= 0.3 is 0 Å². The monoisotopic (exact) mass is 404 g/mol. The first kappa shape index (κ1) is 19.4. The largest absolute Gasteiger partial charge is 0.394 e. The average Bonchev–Trinajstić information content (AvgIpc) is 2.55. The lowest BCUT2D eigenvalue weighted by Gasteiger charge is -2.45. The molecule has 0 spiro atoms. The van der Waals surface area contributed by atoms with Gasteiger partial charge in [0, 0.05) is 0 Å². The molecule has 10 atom stereocenters. The molecule has 0 aliphatic carbocycles. The number of ether oxygens (including phenoxy) is 3. The number of aliphatic hydroxyl groups is 7. The zero-order valence-corrected chi connectivity index (χ0v) is 13.5. The van der Waals surface area contributed by atoms with Crippen LogP contribution in [0, 0.1) is 0 Å². The molecule has 0 aromatic rings. The van der Waals surface area contributed by atoms with E-state index in [0.717, 1.165) is 0 Å². The predicted octanol–water partition coefficient (Wildman–Crippen LogP) is -3.99. The van der Waals surface area contributed by atoms with Crippen molar-refractivity contribution in [3.05, 3.63) is 0 Å². The van der Waals surface area contributed by atoms with Crippen molar-refractivity contribution in [1.82, 2.24) is 0 Å². The fourth-order valence-corrected chi connectivity index (χ4v) is 3.13. The van der Waals surface area contributed by atoms with E-state index in [-0.39, 0.29) is 0 Å². The number of hydrogen-bond donors (Lipinski definition) is 7. The third kappa shape index (κ3) is 3.85. The number of halogens is 1. The fraction of sp³-hybridized carbons (Fsp3) is 1.00. The minimum Gasteiger partial charge on any atom is -0.394 e. The van der Waals surface area contributed by atoms with Gasteiger partial charge in [0.15, 0.2) is 6.29 Å². The quantitative estimate of drug-likeness (QED) is 0.229. The normalized spacial score (nSPS) is 51.7. The van der Waals surface area contributed by atoms with Gasteiger partial charge in [-0.2, -0.15) is 0 Å². The SMILES string of the molecule is OCC1OC(OC2C(CO)OC(Br)C(O)C2O)C(O)C(O)C1O. The Morgan fingerprint density at radius 2 is 1.35 bits per heavy atom. The Bertz CT molecular complexity index is 383. The molecule has 2 fully saturated rings. The van der Waals surface area contributed by atoms with E-state index >= 15 is 0 Å². The summed E-state index contributed by atoms with van der Waals surface area (Å²) in [7, 11) is 0. The fourth-order valence-electron chi connectivity index (χ4n) is 2.54. The van der Waals surface area contributed by atoms with Crippen molar-refractivity contribution in [1.29, 1.82) is 0 Å². The van der Waals surface area contributed by atoms with Crippen molar-refractivity contribution in [2.75, 3.05) is 13.2 Å². The molecule has 0 saturated carbocycles. The van der Waals surface area contributed by atoms with E-state index in [0.29, 0.717) is 0 Å². The van der Waals surface area contributed by atoms with Crippen molar-refractivity contribution < 1.29 is 50.0 Å². The summed E-state index contributed by atoms with van der Waals surface area (Å²) in [6.07, 6.45) is -12.7. The third-order valence-electron chi connectivity index (χ3n) is 3.95. The van der Waals surface area contributed by atoms with Gasteiger partial charge in [0.1, 0.15) is 53.8 Å². The lowest BCUT2D eigenvalue weighted by Crippen LogP contribution is -2.63. The first-order valence-corrected chi connectivity index (χ1v) is 7.95. The van der Waals surface area contributed by atoms with E-state index in [9.17, 15) is 30.6 Å². The van der Waals surface area contributed by atoms with Crippen LogP contribution in [0.5, 0.6) is 0 Å². The van der Waals surface area contributed by atoms with Crippen LogP contribution in [-0.4, -0.2) is 109 Å². The van der Waals surface area contributed by atoms with Gasteiger partial charge in [0.2, 0.25) is 0 Å². The molecule has 0 bridgehead atoms. The van der Waals surface area contributed by atoms with Crippen molar-refractivity contribution in [3.8, 4) is 0 Å². The molecule has 0 amide bonds. The zero-order chi connectivity index (χ0) is 17.3. The maximum Gasteiger partial charge on any atom is 0.187 e. The highest BCUT2D eigenvalue weighted by Gasteiger charge is 2.49. The molecule has 136 valence electrons. The highest BCUT2D eigenvalue weighted by Crippen LogP contribution is 2.30. The van der Waals surface area contributed by atoms with Crippen LogP contribution in [0.2, 0.25) is 0 Å². The Balaban J connectivity index is 2.11. The molecule has 0 radical (unpaired) electrons. The number of hydrogen-bond acceptors (Lipinski definition) is 10. The lowest BCUT2D eigenvalue weighted by molar-refractivity contribution is -0.337. The van der Waals surface area contributed by atoms with E-state index in [1.165, 1.54) is 0 Å². The van der Waals surface area contributed by atoms with Crippen molar-refractivity contribution in [2.45, 2.75) is 60.1 Å². The molecule has 2 saturated heterocycles. The average molecular weight is 405 g/mol. The summed E-state index contributed by atoms with van der Waals surface area (Å²) < 4.78 is 15.8. The van der Waals surface area contributed by atoms with Gasteiger partial charge in [-0.15, -0.1) is 0 Å². The molecule has 0 aromatic carbocycles. The maximum absolute atomic E-state index is 10.1. The Hall–Kier alpha value is 0.0800. The smallest absolute Gasteiger partial charge is 0.187 e. The van der Waals surface area contributed by atoms with Gasteiger partial charge in [-0.25, -0.2) is 0 Å². The summed E-state index contributed by atoms with van der Waals surface area (Å²) in [5, 5.41) is 66.7. The highest BCUT2D eigenvalue weighted by molar-refractivity contribution is 9.09. The van der Waals surface area contributed by atoms with Crippen molar-refractivity contribution in [3.63, 3.8) is 0 Å².